The van der Waals surface area contributed by atoms with Crippen LogP contribution < -0.4 is 0 Å². The summed E-state index contributed by atoms with van der Waals surface area (Å²) in [4.78, 5) is 10.2. The minimum atomic E-state index is 0.0372. The van der Waals surface area contributed by atoms with Crippen LogP contribution in [0.25, 0.3) is 72.4 Å². The normalized spacial score (nSPS) is 11.8. The molecule has 238 valence electrons. The minimum absolute atomic E-state index is 0.0372. The number of pyridine rings is 1. The molecule has 2 aromatic heterocycles. The van der Waals surface area contributed by atoms with E-state index in [1.165, 1.54) is 22.3 Å². The van der Waals surface area contributed by atoms with Crippen LogP contribution >= 0.6 is 0 Å². The fraction of sp³-hybridized carbons (Fsp3) is 0.111. The van der Waals surface area contributed by atoms with Crippen molar-refractivity contribution in [3.8, 4) is 56.2 Å². The first-order valence-electron chi connectivity index (χ1n) is 16.7. The van der Waals surface area contributed by atoms with E-state index in [1.807, 2.05) is 30.5 Å². The number of rotatable bonds is 5. The quantitative estimate of drug-likeness (QED) is 0.205. The zero-order valence-electron chi connectivity index (χ0n) is 28.1. The van der Waals surface area contributed by atoms with E-state index in [4.69, 9.17) is 9.97 Å². The van der Waals surface area contributed by atoms with Crippen LogP contribution in [0.2, 0.25) is 0 Å². The molecular weight excluding hydrogens is 599 g/mol. The highest BCUT2D eigenvalue weighted by Crippen LogP contribution is 2.41. The van der Waals surface area contributed by atoms with Crippen LogP contribution in [0.3, 0.4) is 0 Å². The molecule has 4 nitrogen and oxygen atoms in total. The molecule has 0 aliphatic carbocycles. The van der Waals surface area contributed by atoms with Crippen molar-refractivity contribution in [1.82, 2.24) is 14.5 Å². The fourth-order valence-corrected chi connectivity index (χ4v) is 7.00. The number of benzene rings is 6. The lowest BCUT2D eigenvalue weighted by Crippen LogP contribution is -2.11. The van der Waals surface area contributed by atoms with Gasteiger partial charge in [-0.05, 0) is 94.3 Å². The molecule has 0 spiro atoms. The standard InChI is InChI=1S/C45H37N3O/c1-29-27-38(42-37(19-12-26-46-42)41(29)30-13-6-5-7-14-30)32-16-10-15-31(28-32)35-18-11-20-39-43(35)47-44(36-17-8-9-21-40(36)49)48(39)34-24-22-33(23-25-34)45(2,3)4/h5-28,49H,1-4H3. The van der Waals surface area contributed by atoms with E-state index >= 15 is 0 Å². The van der Waals surface area contributed by atoms with Gasteiger partial charge in [-0.15, -0.1) is 0 Å². The highest BCUT2D eigenvalue weighted by atomic mass is 16.3. The molecule has 0 saturated carbocycles. The van der Waals surface area contributed by atoms with E-state index in [9.17, 15) is 5.11 Å². The fourth-order valence-electron chi connectivity index (χ4n) is 7.00. The third-order valence-corrected chi connectivity index (χ3v) is 9.46. The van der Waals surface area contributed by atoms with Gasteiger partial charge in [-0.3, -0.25) is 9.55 Å². The summed E-state index contributed by atoms with van der Waals surface area (Å²) < 4.78 is 2.16. The van der Waals surface area contributed by atoms with Crippen molar-refractivity contribution in [1.29, 1.82) is 0 Å². The Labute approximate surface area is 287 Å². The van der Waals surface area contributed by atoms with Crippen molar-refractivity contribution in [3.63, 3.8) is 0 Å². The van der Waals surface area contributed by atoms with Gasteiger partial charge in [0.25, 0.3) is 0 Å². The van der Waals surface area contributed by atoms with Crippen molar-refractivity contribution in [3.05, 3.63) is 157 Å². The lowest BCUT2D eigenvalue weighted by atomic mass is 9.87. The average Bonchev–Trinajstić information content (AvgIpc) is 3.51. The van der Waals surface area contributed by atoms with Gasteiger partial charge in [0.05, 0.1) is 22.1 Å². The lowest BCUT2D eigenvalue weighted by Gasteiger charge is -2.19. The number of aromatic hydroxyl groups is 1. The molecule has 8 aromatic rings. The highest BCUT2D eigenvalue weighted by molar-refractivity contribution is 6.05. The van der Waals surface area contributed by atoms with Gasteiger partial charge in [-0.25, -0.2) is 4.98 Å². The SMILES string of the molecule is Cc1cc(-c2cccc(-c3cccc4c3nc(-c3ccccc3O)n4-c3ccc(C(C)(C)C)cc3)c2)c2ncccc2c1-c1ccccc1. The molecule has 0 aliphatic rings. The predicted octanol–water partition coefficient (Wildman–Crippen LogP) is 11.6. The number of aryl methyl sites for hydroxylation is 1. The van der Waals surface area contributed by atoms with E-state index in [0.717, 1.165) is 49.9 Å². The van der Waals surface area contributed by atoms with Crippen LogP contribution in [0.1, 0.15) is 31.9 Å². The largest absolute Gasteiger partial charge is 0.507 e. The summed E-state index contributed by atoms with van der Waals surface area (Å²) >= 11 is 0. The monoisotopic (exact) mass is 635 g/mol. The van der Waals surface area contributed by atoms with Crippen LogP contribution in [-0.2, 0) is 5.41 Å². The molecule has 0 atom stereocenters. The van der Waals surface area contributed by atoms with E-state index in [2.05, 4.69) is 141 Å². The number of fused-ring (bicyclic) bond motifs is 2. The molecule has 0 aliphatic heterocycles. The van der Waals surface area contributed by atoms with Crippen molar-refractivity contribution in [2.24, 2.45) is 0 Å². The van der Waals surface area contributed by atoms with Crippen LogP contribution in [0, 0.1) is 6.92 Å². The summed E-state index contributed by atoms with van der Waals surface area (Å²) in [6.07, 6.45) is 1.88. The van der Waals surface area contributed by atoms with Gasteiger partial charge in [0, 0.05) is 28.4 Å². The number of hydrogen-bond acceptors (Lipinski definition) is 3. The first kappa shape index (κ1) is 30.3. The second-order valence-electron chi connectivity index (χ2n) is 13.7. The minimum Gasteiger partial charge on any atom is -0.507 e. The molecule has 6 aromatic carbocycles. The van der Waals surface area contributed by atoms with Crippen molar-refractivity contribution < 1.29 is 5.11 Å². The number of para-hydroxylation sites is 2. The van der Waals surface area contributed by atoms with Crippen molar-refractivity contribution >= 4 is 21.9 Å². The smallest absolute Gasteiger partial charge is 0.149 e. The summed E-state index contributed by atoms with van der Waals surface area (Å²) in [5.41, 5.74) is 13.7. The molecule has 0 bridgehead atoms. The van der Waals surface area contributed by atoms with Gasteiger partial charge >= 0.3 is 0 Å². The maximum Gasteiger partial charge on any atom is 0.149 e. The number of imidazole rings is 1. The Balaban J connectivity index is 1.32. The Hall–Kier alpha value is -6.00. The second-order valence-corrected chi connectivity index (χ2v) is 13.7. The number of phenolic OH excluding ortho intramolecular Hbond substituents is 1. The lowest BCUT2D eigenvalue weighted by molar-refractivity contribution is 0.477. The maximum atomic E-state index is 11.0. The summed E-state index contributed by atoms with van der Waals surface area (Å²) in [5, 5.41) is 12.1. The Kier molecular flexibility index (Phi) is 7.37. The Bertz CT molecular complexity index is 2490. The molecule has 0 fully saturated rings. The molecule has 4 heteroatoms. The van der Waals surface area contributed by atoms with Gasteiger partial charge in [0.2, 0.25) is 0 Å². The number of aromatic nitrogens is 3. The van der Waals surface area contributed by atoms with E-state index in [0.29, 0.717) is 11.4 Å². The number of nitrogens with zero attached hydrogens (tertiary/aromatic N) is 3. The molecule has 0 radical (unpaired) electrons. The Morgan fingerprint density at radius 3 is 2.02 bits per heavy atom. The molecule has 2 heterocycles. The van der Waals surface area contributed by atoms with E-state index < -0.39 is 0 Å². The maximum absolute atomic E-state index is 11.0. The second kappa shape index (κ2) is 11.9. The van der Waals surface area contributed by atoms with Gasteiger partial charge < -0.3 is 5.11 Å². The summed E-state index contributed by atoms with van der Waals surface area (Å²) in [5.74, 6) is 0.894. The predicted molar refractivity (Wildman–Crippen MR) is 203 cm³/mol. The van der Waals surface area contributed by atoms with Crippen LogP contribution in [0.15, 0.2) is 146 Å². The summed E-state index contributed by atoms with van der Waals surface area (Å²) in [6, 6.07) is 48.1. The van der Waals surface area contributed by atoms with Gasteiger partial charge in [-0.2, -0.15) is 0 Å². The van der Waals surface area contributed by atoms with Crippen LogP contribution in [-0.4, -0.2) is 19.6 Å². The number of hydrogen-bond donors (Lipinski definition) is 1. The van der Waals surface area contributed by atoms with Gasteiger partial charge in [0.15, 0.2) is 0 Å². The third kappa shape index (κ3) is 5.36. The molecule has 0 unspecified atom stereocenters. The summed E-state index contributed by atoms with van der Waals surface area (Å²) in [6.45, 7) is 8.85. The van der Waals surface area contributed by atoms with Crippen LogP contribution in [0.5, 0.6) is 5.75 Å². The van der Waals surface area contributed by atoms with E-state index in [1.54, 1.807) is 6.07 Å². The molecular formula is C45H37N3O. The molecule has 8 rings (SSSR count). The number of phenols is 1. The van der Waals surface area contributed by atoms with Crippen molar-refractivity contribution in [2.45, 2.75) is 33.1 Å². The topological polar surface area (TPSA) is 50.9 Å². The van der Waals surface area contributed by atoms with E-state index in [-0.39, 0.29) is 11.2 Å². The highest BCUT2D eigenvalue weighted by Gasteiger charge is 2.21. The molecule has 49 heavy (non-hydrogen) atoms. The Morgan fingerprint density at radius 1 is 0.592 bits per heavy atom. The van der Waals surface area contributed by atoms with Crippen LogP contribution in [0.4, 0.5) is 0 Å². The first-order chi connectivity index (χ1) is 23.8. The zero-order chi connectivity index (χ0) is 33.7. The average molecular weight is 636 g/mol. The zero-order valence-corrected chi connectivity index (χ0v) is 28.1. The summed E-state index contributed by atoms with van der Waals surface area (Å²) in [7, 11) is 0. The molecule has 1 N–H and O–H groups in total. The molecule has 0 amide bonds. The first-order valence-corrected chi connectivity index (χ1v) is 16.7. The van der Waals surface area contributed by atoms with Gasteiger partial charge in [-0.1, -0.05) is 112 Å². The van der Waals surface area contributed by atoms with Gasteiger partial charge in [0.1, 0.15) is 11.6 Å². The third-order valence-electron chi connectivity index (χ3n) is 9.46. The van der Waals surface area contributed by atoms with Crippen molar-refractivity contribution in [2.75, 3.05) is 0 Å². The Morgan fingerprint density at radius 2 is 1.27 bits per heavy atom. The molecule has 0 saturated heterocycles.